The predicted molar refractivity (Wildman–Crippen MR) is 94.7 cm³/mol. The number of nitro groups is 1. The van der Waals surface area contributed by atoms with E-state index < -0.39 is 40.7 Å². The molecule has 148 valence electrons. The van der Waals surface area contributed by atoms with Crippen molar-refractivity contribution < 1.29 is 24.0 Å². The van der Waals surface area contributed by atoms with Crippen molar-refractivity contribution in [3.8, 4) is 12.3 Å². The van der Waals surface area contributed by atoms with Gasteiger partial charge in [0.05, 0.1) is 41.8 Å². The van der Waals surface area contributed by atoms with Gasteiger partial charge < -0.3 is 20.1 Å². The summed E-state index contributed by atoms with van der Waals surface area (Å²) in [6, 6.07) is 0.833. The van der Waals surface area contributed by atoms with Crippen LogP contribution in [-0.2, 0) is 9.53 Å². The molecule has 0 spiro atoms. The molecule has 3 aliphatic rings. The van der Waals surface area contributed by atoms with E-state index in [0.29, 0.717) is 19.5 Å². The number of rotatable bonds is 4. The molecule has 10 heteroatoms. The van der Waals surface area contributed by atoms with Gasteiger partial charge in [-0.25, -0.2) is 9.37 Å². The molecule has 4 rings (SSSR count). The van der Waals surface area contributed by atoms with E-state index in [0.717, 1.165) is 12.3 Å². The third-order valence-corrected chi connectivity index (χ3v) is 5.89. The maximum Gasteiger partial charge on any atom is 0.290 e. The Bertz CT molecular complexity index is 859. The standard InChI is InChI=1S/C18H19FN4O5/c1-2-3-20-18(25)10-5-14-15(24)11-7-22(8-12(11)16(10)28-14)17-13(19)4-9(6-21-17)23(26)27/h1,4,6,10-12,14-16,24H,3,5,7-8H2,(H,20,25)/t10?,11-,12+,14+,15+,16-/m1/s1. The summed E-state index contributed by atoms with van der Waals surface area (Å²) in [5.41, 5.74) is -0.425. The average Bonchev–Trinajstić information content (AvgIpc) is 3.28. The van der Waals surface area contributed by atoms with Crippen molar-refractivity contribution in [1.82, 2.24) is 10.3 Å². The zero-order valence-electron chi connectivity index (χ0n) is 14.8. The number of terminal acetylenes is 1. The summed E-state index contributed by atoms with van der Waals surface area (Å²) in [6.07, 6.45) is 4.98. The molecule has 1 aromatic rings. The summed E-state index contributed by atoms with van der Waals surface area (Å²) < 4.78 is 20.3. The number of aliphatic hydroxyl groups is 1. The summed E-state index contributed by atoms with van der Waals surface area (Å²) in [4.78, 5) is 28.1. The second kappa shape index (κ2) is 7.00. The number of pyridine rings is 1. The number of anilines is 1. The van der Waals surface area contributed by atoms with Gasteiger partial charge in [0.2, 0.25) is 5.91 Å². The second-order valence-electron chi connectivity index (χ2n) is 7.38. The van der Waals surface area contributed by atoms with Gasteiger partial charge in [0.1, 0.15) is 6.20 Å². The smallest absolute Gasteiger partial charge is 0.290 e. The average molecular weight is 390 g/mol. The molecule has 1 unspecified atom stereocenters. The molecule has 3 fully saturated rings. The van der Waals surface area contributed by atoms with Crippen molar-refractivity contribution in [3.05, 3.63) is 28.2 Å². The molecule has 0 aliphatic carbocycles. The maximum atomic E-state index is 14.4. The number of aromatic nitrogens is 1. The highest BCUT2D eigenvalue weighted by Crippen LogP contribution is 2.47. The van der Waals surface area contributed by atoms with Crippen LogP contribution >= 0.6 is 0 Å². The summed E-state index contributed by atoms with van der Waals surface area (Å²) in [7, 11) is 0. The molecule has 1 amide bonds. The van der Waals surface area contributed by atoms with E-state index in [2.05, 4.69) is 16.2 Å². The monoisotopic (exact) mass is 390 g/mol. The summed E-state index contributed by atoms with van der Waals surface area (Å²) in [6.45, 7) is 0.788. The molecule has 3 saturated heterocycles. The number of hydrogen-bond acceptors (Lipinski definition) is 7. The number of ether oxygens (including phenoxy) is 1. The van der Waals surface area contributed by atoms with Crippen LogP contribution in [-0.4, -0.2) is 58.9 Å². The largest absolute Gasteiger partial charge is 0.390 e. The Balaban J connectivity index is 1.55. The highest BCUT2D eigenvalue weighted by atomic mass is 19.1. The molecule has 1 aromatic heterocycles. The SMILES string of the molecule is C#CCNC(=O)C1C[C@@H]2O[C@H]1[C@H]1CN(c3ncc([N+](=O)[O-])cc3F)C[C@H]1[C@@H]2O. The predicted octanol–water partition coefficient (Wildman–Crippen LogP) is 0.0789. The van der Waals surface area contributed by atoms with E-state index in [4.69, 9.17) is 11.2 Å². The fourth-order valence-corrected chi connectivity index (χ4v) is 4.65. The van der Waals surface area contributed by atoms with E-state index in [1.807, 2.05) is 0 Å². The van der Waals surface area contributed by atoms with E-state index in [1.54, 1.807) is 4.90 Å². The van der Waals surface area contributed by atoms with Crippen molar-refractivity contribution in [1.29, 1.82) is 0 Å². The molecule has 0 radical (unpaired) electrons. The van der Waals surface area contributed by atoms with Gasteiger partial charge in [-0.15, -0.1) is 6.42 Å². The van der Waals surface area contributed by atoms with Crippen LogP contribution in [0.5, 0.6) is 0 Å². The number of amides is 1. The van der Waals surface area contributed by atoms with Crippen molar-refractivity contribution >= 4 is 17.4 Å². The molecule has 6 atom stereocenters. The van der Waals surface area contributed by atoms with Crippen LogP contribution < -0.4 is 10.2 Å². The van der Waals surface area contributed by atoms with Gasteiger partial charge in [-0.2, -0.15) is 0 Å². The summed E-state index contributed by atoms with van der Waals surface area (Å²) in [5.74, 6) is 0.522. The van der Waals surface area contributed by atoms with Crippen LogP contribution in [0.2, 0.25) is 0 Å². The maximum absolute atomic E-state index is 14.4. The molecule has 3 aliphatic heterocycles. The topological polar surface area (TPSA) is 118 Å². The lowest BCUT2D eigenvalue weighted by Crippen LogP contribution is -2.47. The zero-order chi connectivity index (χ0) is 20.0. The first-order chi connectivity index (χ1) is 13.4. The van der Waals surface area contributed by atoms with E-state index in [-0.39, 0.29) is 30.1 Å². The summed E-state index contributed by atoms with van der Waals surface area (Å²) in [5, 5.41) is 24.1. The van der Waals surface area contributed by atoms with Crippen molar-refractivity contribution in [2.24, 2.45) is 17.8 Å². The minimum atomic E-state index is -0.795. The molecule has 9 nitrogen and oxygen atoms in total. The van der Waals surface area contributed by atoms with Crippen LogP contribution in [0.4, 0.5) is 15.9 Å². The van der Waals surface area contributed by atoms with Crippen molar-refractivity contribution in [2.75, 3.05) is 24.5 Å². The van der Waals surface area contributed by atoms with Gasteiger partial charge in [0.25, 0.3) is 5.69 Å². The summed E-state index contributed by atoms with van der Waals surface area (Å²) >= 11 is 0. The quantitative estimate of drug-likeness (QED) is 0.425. The number of carbonyl (C=O) groups is 1. The Morgan fingerprint density at radius 3 is 2.96 bits per heavy atom. The van der Waals surface area contributed by atoms with Gasteiger partial charge in [-0.3, -0.25) is 14.9 Å². The Morgan fingerprint density at radius 1 is 1.54 bits per heavy atom. The van der Waals surface area contributed by atoms with E-state index in [1.165, 1.54) is 0 Å². The molecule has 2 bridgehead atoms. The molecule has 4 heterocycles. The number of nitrogens with zero attached hydrogens (tertiary/aromatic N) is 3. The third kappa shape index (κ3) is 2.96. The number of halogens is 1. The fraction of sp³-hybridized carbons (Fsp3) is 0.556. The Kier molecular flexibility index (Phi) is 4.64. The second-order valence-corrected chi connectivity index (χ2v) is 7.38. The van der Waals surface area contributed by atoms with Gasteiger partial charge in [-0.1, -0.05) is 5.92 Å². The number of hydrogen-bond donors (Lipinski definition) is 2. The van der Waals surface area contributed by atoms with Gasteiger partial charge in [-0.05, 0) is 6.42 Å². The van der Waals surface area contributed by atoms with Gasteiger partial charge >= 0.3 is 0 Å². The first-order valence-corrected chi connectivity index (χ1v) is 9.00. The van der Waals surface area contributed by atoms with Gasteiger partial charge in [0.15, 0.2) is 11.6 Å². The highest BCUT2D eigenvalue weighted by Gasteiger charge is 2.58. The Morgan fingerprint density at radius 2 is 2.29 bits per heavy atom. The highest BCUT2D eigenvalue weighted by molar-refractivity contribution is 5.80. The van der Waals surface area contributed by atoms with Crippen molar-refractivity contribution in [3.63, 3.8) is 0 Å². The minimum Gasteiger partial charge on any atom is -0.390 e. The number of fused-ring (bicyclic) bond motifs is 4. The van der Waals surface area contributed by atoms with Crippen molar-refractivity contribution in [2.45, 2.75) is 24.7 Å². The number of carbonyl (C=O) groups excluding carboxylic acids is 1. The van der Waals surface area contributed by atoms with Crippen LogP contribution in [0.1, 0.15) is 6.42 Å². The van der Waals surface area contributed by atoms with Crippen LogP contribution in [0, 0.1) is 46.0 Å². The molecular formula is C18H19FN4O5. The molecule has 28 heavy (non-hydrogen) atoms. The number of aliphatic hydroxyl groups excluding tert-OH is 1. The van der Waals surface area contributed by atoms with E-state index in [9.17, 15) is 24.4 Å². The third-order valence-electron chi connectivity index (χ3n) is 5.89. The van der Waals surface area contributed by atoms with Gasteiger partial charge in [0, 0.05) is 24.9 Å². The lowest BCUT2D eigenvalue weighted by atomic mass is 9.83. The zero-order valence-corrected chi connectivity index (χ0v) is 14.8. The molecule has 0 aromatic carbocycles. The number of nitrogens with one attached hydrogen (secondary N) is 1. The van der Waals surface area contributed by atoms with E-state index >= 15 is 0 Å². The normalized spacial score (nSPS) is 33.2. The first kappa shape index (κ1) is 18.6. The molecular weight excluding hydrogens is 371 g/mol. The van der Waals surface area contributed by atoms with Crippen LogP contribution in [0.3, 0.4) is 0 Å². The molecule has 2 N–H and O–H groups in total. The first-order valence-electron chi connectivity index (χ1n) is 9.00. The molecule has 0 saturated carbocycles. The minimum absolute atomic E-state index is 0.00333. The van der Waals surface area contributed by atoms with Crippen LogP contribution in [0.15, 0.2) is 12.3 Å². The fourth-order valence-electron chi connectivity index (χ4n) is 4.65. The lowest BCUT2D eigenvalue weighted by Gasteiger charge is -2.36. The lowest BCUT2D eigenvalue weighted by molar-refractivity contribution is -0.385. The Hall–Kier alpha value is -2.77. The Labute approximate surface area is 160 Å². The van der Waals surface area contributed by atoms with Crippen LogP contribution in [0.25, 0.3) is 0 Å².